The first-order valence-electron chi connectivity index (χ1n) is 15.3. The number of amides is 2. The van der Waals surface area contributed by atoms with Gasteiger partial charge in [-0.05, 0) is 48.4 Å². The molecular weight excluding hydrogens is 558 g/mol. The largest absolute Gasteiger partial charge is 0.352 e. The van der Waals surface area contributed by atoms with Crippen LogP contribution in [-0.4, -0.2) is 50.0 Å². The monoisotopic (exact) mass is 603 g/mol. The van der Waals surface area contributed by atoms with Crippen molar-refractivity contribution in [1.82, 2.24) is 10.2 Å². The van der Waals surface area contributed by atoms with Gasteiger partial charge in [-0.1, -0.05) is 111 Å². The van der Waals surface area contributed by atoms with Gasteiger partial charge in [0.1, 0.15) is 12.6 Å². The van der Waals surface area contributed by atoms with Crippen molar-refractivity contribution in [3.63, 3.8) is 0 Å². The van der Waals surface area contributed by atoms with Crippen LogP contribution in [0.3, 0.4) is 0 Å². The Hall–Kier alpha value is -3.65. The van der Waals surface area contributed by atoms with E-state index in [-0.39, 0.29) is 24.4 Å². The molecule has 1 aliphatic rings. The van der Waals surface area contributed by atoms with Crippen molar-refractivity contribution < 1.29 is 18.0 Å². The Bertz CT molecular complexity index is 1480. The van der Waals surface area contributed by atoms with Crippen LogP contribution in [0, 0.1) is 6.92 Å². The molecule has 1 atom stereocenters. The Labute approximate surface area is 257 Å². The number of nitrogens with one attached hydrogen (secondary N) is 1. The smallest absolute Gasteiger partial charge is 0.244 e. The van der Waals surface area contributed by atoms with Gasteiger partial charge in [0.25, 0.3) is 0 Å². The number of sulfonamides is 1. The lowest BCUT2D eigenvalue weighted by molar-refractivity contribution is -0.140. The lowest BCUT2D eigenvalue weighted by Crippen LogP contribution is -2.55. The first-order chi connectivity index (χ1) is 20.5. The van der Waals surface area contributed by atoms with Crippen LogP contribution < -0.4 is 9.62 Å². The number of carbonyl (C=O) groups is 2. The summed E-state index contributed by atoms with van der Waals surface area (Å²) in [6.45, 7) is 5.75. The molecule has 0 aliphatic heterocycles. The molecule has 0 spiro atoms. The molecule has 1 fully saturated rings. The van der Waals surface area contributed by atoms with E-state index >= 15 is 0 Å². The van der Waals surface area contributed by atoms with Crippen LogP contribution >= 0.6 is 0 Å². The molecule has 1 N–H and O–H groups in total. The summed E-state index contributed by atoms with van der Waals surface area (Å²) in [7, 11) is -3.82. The van der Waals surface area contributed by atoms with Gasteiger partial charge in [-0.3, -0.25) is 13.9 Å². The number of rotatable bonds is 12. The Morgan fingerprint density at radius 2 is 1.53 bits per heavy atom. The van der Waals surface area contributed by atoms with E-state index in [1.54, 1.807) is 17.0 Å². The first kappa shape index (κ1) is 32.3. The first-order valence-corrected chi connectivity index (χ1v) is 17.1. The van der Waals surface area contributed by atoms with Crippen LogP contribution in [0.4, 0.5) is 5.69 Å². The van der Waals surface area contributed by atoms with Crippen LogP contribution in [0.5, 0.6) is 0 Å². The second-order valence-electron chi connectivity index (χ2n) is 12.0. The third-order valence-corrected chi connectivity index (χ3v) is 9.29. The summed E-state index contributed by atoms with van der Waals surface area (Å²) in [5, 5.41) is 3.25. The average Bonchev–Trinajstić information content (AvgIpc) is 2.98. The lowest BCUT2D eigenvalue weighted by Gasteiger charge is -2.35. The van der Waals surface area contributed by atoms with Crippen molar-refractivity contribution >= 4 is 27.5 Å². The standard InChI is InChI=1S/C35H45N3O4S/c1-26(2)31-20-11-12-21-32(31)38(43(4,41)42)25-34(39)37(24-29-17-13-14-27(3)22-29)33(23-28-15-7-5-8-16-28)35(40)36-30-18-9-6-10-19-30/h5,7-8,11-17,20-22,26,30,33H,6,9-10,18-19,23-25H2,1-4H3,(H,36,40). The molecule has 1 unspecified atom stereocenters. The highest BCUT2D eigenvalue weighted by atomic mass is 32.2. The Balaban J connectivity index is 1.75. The predicted octanol–water partition coefficient (Wildman–Crippen LogP) is 5.97. The minimum Gasteiger partial charge on any atom is -0.352 e. The van der Waals surface area contributed by atoms with Gasteiger partial charge in [0, 0.05) is 19.0 Å². The highest BCUT2D eigenvalue weighted by molar-refractivity contribution is 7.92. The van der Waals surface area contributed by atoms with Crippen LogP contribution in [0.2, 0.25) is 0 Å². The topological polar surface area (TPSA) is 86.8 Å². The van der Waals surface area contributed by atoms with Crippen molar-refractivity contribution in [1.29, 1.82) is 0 Å². The molecule has 0 radical (unpaired) electrons. The van der Waals surface area contributed by atoms with Crippen molar-refractivity contribution in [2.75, 3.05) is 17.1 Å². The highest BCUT2D eigenvalue weighted by Gasteiger charge is 2.34. The molecule has 4 rings (SSSR count). The van der Waals surface area contributed by atoms with Crippen molar-refractivity contribution in [3.8, 4) is 0 Å². The molecule has 230 valence electrons. The van der Waals surface area contributed by atoms with Gasteiger partial charge in [-0.25, -0.2) is 8.42 Å². The molecule has 0 saturated heterocycles. The summed E-state index contributed by atoms with van der Waals surface area (Å²) in [6.07, 6.45) is 6.58. The van der Waals surface area contributed by atoms with Gasteiger partial charge >= 0.3 is 0 Å². The fourth-order valence-electron chi connectivity index (χ4n) is 5.90. The molecule has 0 bridgehead atoms. The van der Waals surface area contributed by atoms with Crippen LogP contribution in [-0.2, 0) is 32.6 Å². The minimum atomic E-state index is -3.82. The van der Waals surface area contributed by atoms with E-state index in [2.05, 4.69) is 5.32 Å². The molecule has 0 aromatic heterocycles. The third-order valence-electron chi connectivity index (χ3n) is 8.16. The molecule has 3 aromatic rings. The number of hydrogen-bond donors (Lipinski definition) is 1. The van der Waals surface area contributed by atoms with E-state index in [1.165, 1.54) is 4.31 Å². The van der Waals surface area contributed by atoms with Crippen molar-refractivity contribution in [3.05, 3.63) is 101 Å². The Morgan fingerprint density at radius 3 is 2.19 bits per heavy atom. The molecule has 2 amide bonds. The number of nitrogens with zero attached hydrogens (tertiary/aromatic N) is 2. The molecular formula is C35H45N3O4S. The quantitative estimate of drug-likeness (QED) is 0.276. The summed E-state index contributed by atoms with van der Waals surface area (Å²) >= 11 is 0. The van der Waals surface area contributed by atoms with E-state index in [0.29, 0.717) is 12.1 Å². The van der Waals surface area contributed by atoms with Gasteiger partial charge in [0.05, 0.1) is 11.9 Å². The Morgan fingerprint density at radius 1 is 0.884 bits per heavy atom. The lowest BCUT2D eigenvalue weighted by atomic mass is 9.94. The average molecular weight is 604 g/mol. The van der Waals surface area contributed by atoms with Crippen molar-refractivity contribution in [2.24, 2.45) is 0 Å². The third kappa shape index (κ3) is 8.92. The number of aryl methyl sites for hydroxylation is 1. The van der Waals surface area contributed by atoms with Gasteiger partial charge < -0.3 is 10.2 Å². The SMILES string of the molecule is Cc1cccc(CN(C(=O)CN(c2ccccc2C(C)C)S(C)(=O)=O)C(Cc2ccccc2)C(=O)NC2CCCCC2)c1. The summed E-state index contributed by atoms with van der Waals surface area (Å²) in [6, 6.07) is 24.1. The van der Waals surface area contributed by atoms with E-state index in [0.717, 1.165) is 60.6 Å². The van der Waals surface area contributed by atoms with Gasteiger partial charge in [-0.15, -0.1) is 0 Å². The second-order valence-corrected chi connectivity index (χ2v) is 13.9. The maximum absolute atomic E-state index is 14.4. The summed E-state index contributed by atoms with van der Waals surface area (Å²) in [4.78, 5) is 30.1. The maximum Gasteiger partial charge on any atom is 0.244 e. The number of hydrogen-bond acceptors (Lipinski definition) is 4. The van der Waals surface area contributed by atoms with E-state index in [9.17, 15) is 18.0 Å². The fourth-order valence-corrected chi connectivity index (χ4v) is 6.77. The zero-order valence-electron chi connectivity index (χ0n) is 25.8. The number of benzene rings is 3. The summed E-state index contributed by atoms with van der Waals surface area (Å²) in [5.41, 5.74) is 4.17. The number of anilines is 1. The predicted molar refractivity (Wildman–Crippen MR) is 173 cm³/mol. The zero-order valence-corrected chi connectivity index (χ0v) is 26.6. The number of carbonyl (C=O) groups excluding carboxylic acids is 2. The normalized spacial score (nSPS) is 14.7. The molecule has 1 saturated carbocycles. The summed E-state index contributed by atoms with van der Waals surface area (Å²) in [5.74, 6) is -0.582. The summed E-state index contributed by atoms with van der Waals surface area (Å²) < 4.78 is 27.6. The van der Waals surface area contributed by atoms with Gasteiger partial charge in [-0.2, -0.15) is 0 Å². The molecule has 7 nitrogen and oxygen atoms in total. The Kier molecular flexibility index (Phi) is 11.0. The van der Waals surface area contributed by atoms with Crippen LogP contribution in [0.1, 0.15) is 74.1 Å². The molecule has 0 heterocycles. The molecule has 3 aromatic carbocycles. The zero-order chi connectivity index (χ0) is 31.0. The highest BCUT2D eigenvalue weighted by Crippen LogP contribution is 2.29. The molecule has 43 heavy (non-hydrogen) atoms. The van der Waals surface area contributed by atoms with Crippen LogP contribution in [0.15, 0.2) is 78.9 Å². The fraction of sp³-hybridized carbons (Fsp3) is 0.429. The van der Waals surface area contributed by atoms with E-state index in [1.807, 2.05) is 87.5 Å². The van der Waals surface area contributed by atoms with Crippen molar-refractivity contribution in [2.45, 2.75) is 83.8 Å². The van der Waals surface area contributed by atoms with E-state index < -0.39 is 28.5 Å². The van der Waals surface area contributed by atoms with Gasteiger partial charge in [0.2, 0.25) is 21.8 Å². The second kappa shape index (κ2) is 14.7. The maximum atomic E-state index is 14.4. The van der Waals surface area contributed by atoms with Gasteiger partial charge in [0.15, 0.2) is 0 Å². The van der Waals surface area contributed by atoms with E-state index in [4.69, 9.17) is 0 Å². The minimum absolute atomic E-state index is 0.0473. The van der Waals surface area contributed by atoms with Crippen LogP contribution in [0.25, 0.3) is 0 Å². The molecule has 1 aliphatic carbocycles. The molecule has 8 heteroatoms. The number of para-hydroxylation sites is 1.